The Bertz CT molecular complexity index is 773. The zero-order chi connectivity index (χ0) is 14.8. The van der Waals surface area contributed by atoms with E-state index in [1.54, 1.807) is 7.05 Å². The standard InChI is InChI=1S/C12H13N5O2S/c1-17-12(14)10(7-15-17)8-16-20(18,19)11-4-2-3-9(5-11)6-13/h2-5,7,16H,8,14H2,1H3. The van der Waals surface area contributed by atoms with Crippen LogP contribution in [-0.2, 0) is 23.6 Å². The number of nitriles is 1. The summed E-state index contributed by atoms with van der Waals surface area (Å²) in [5.74, 6) is 0.401. The van der Waals surface area contributed by atoms with Crippen molar-refractivity contribution in [3.8, 4) is 6.07 Å². The van der Waals surface area contributed by atoms with E-state index in [4.69, 9.17) is 11.0 Å². The van der Waals surface area contributed by atoms with Crippen LogP contribution in [-0.4, -0.2) is 18.2 Å². The molecule has 7 nitrogen and oxygen atoms in total. The number of nitrogens with one attached hydrogen (secondary N) is 1. The molecule has 1 aromatic heterocycles. The van der Waals surface area contributed by atoms with Gasteiger partial charge in [-0.3, -0.25) is 4.68 Å². The number of aromatic nitrogens is 2. The summed E-state index contributed by atoms with van der Waals surface area (Å²) in [5, 5.41) is 12.7. The number of anilines is 1. The lowest BCUT2D eigenvalue weighted by molar-refractivity contribution is 0.581. The third-order valence-electron chi connectivity index (χ3n) is 2.79. The Hall–Kier alpha value is -2.37. The first-order valence-electron chi connectivity index (χ1n) is 5.70. The molecule has 0 fully saturated rings. The minimum atomic E-state index is -3.69. The maximum Gasteiger partial charge on any atom is 0.240 e. The summed E-state index contributed by atoms with van der Waals surface area (Å²) < 4.78 is 28.1. The fraction of sp³-hybridized carbons (Fsp3) is 0.167. The summed E-state index contributed by atoms with van der Waals surface area (Å²) in [6, 6.07) is 7.70. The quantitative estimate of drug-likeness (QED) is 0.843. The molecule has 0 radical (unpaired) electrons. The van der Waals surface area contributed by atoms with Gasteiger partial charge in [-0.25, -0.2) is 13.1 Å². The predicted molar refractivity (Wildman–Crippen MR) is 72.8 cm³/mol. The lowest BCUT2D eigenvalue weighted by Crippen LogP contribution is -2.23. The molecule has 0 saturated carbocycles. The molecule has 20 heavy (non-hydrogen) atoms. The second-order valence-electron chi connectivity index (χ2n) is 4.14. The molecule has 0 amide bonds. The van der Waals surface area contributed by atoms with Crippen molar-refractivity contribution < 1.29 is 8.42 Å². The van der Waals surface area contributed by atoms with Crippen LogP contribution in [0.2, 0.25) is 0 Å². The first-order valence-corrected chi connectivity index (χ1v) is 7.18. The molecular weight excluding hydrogens is 278 g/mol. The number of benzene rings is 1. The van der Waals surface area contributed by atoms with Crippen LogP contribution in [0.15, 0.2) is 35.4 Å². The van der Waals surface area contributed by atoms with Gasteiger partial charge in [0.1, 0.15) is 5.82 Å². The third-order valence-corrected chi connectivity index (χ3v) is 4.19. The fourth-order valence-corrected chi connectivity index (χ4v) is 2.67. The Kier molecular flexibility index (Phi) is 3.74. The molecule has 104 valence electrons. The van der Waals surface area contributed by atoms with E-state index in [0.717, 1.165) is 0 Å². The van der Waals surface area contributed by atoms with Crippen LogP contribution >= 0.6 is 0 Å². The van der Waals surface area contributed by atoms with E-state index in [1.165, 1.54) is 35.1 Å². The van der Waals surface area contributed by atoms with Gasteiger partial charge in [-0.1, -0.05) is 6.07 Å². The molecule has 1 aromatic carbocycles. The van der Waals surface area contributed by atoms with Crippen molar-refractivity contribution in [2.45, 2.75) is 11.4 Å². The summed E-state index contributed by atoms with van der Waals surface area (Å²) >= 11 is 0. The molecule has 0 spiro atoms. The van der Waals surface area contributed by atoms with E-state index in [1.807, 2.05) is 6.07 Å². The van der Waals surface area contributed by atoms with E-state index in [2.05, 4.69) is 9.82 Å². The van der Waals surface area contributed by atoms with Gasteiger partial charge in [0.2, 0.25) is 10.0 Å². The number of aryl methyl sites for hydroxylation is 1. The van der Waals surface area contributed by atoms with Gasteiger partial charge in [-0.2, -0.15) is 10.4 Å². The Balaban J connectivity index is 2.19. The smallest absolute Gasteiger partial charge is 0.240 e. The first kappa shape index (κ1) is 14.0. The number of nitrogens with two attached hydrogens (primary N) is 1. The lowest BCUT2D eigenvalue weighted by atomic mass is 10.2. The van der Waals surface area contributed by atoms with Gasteiger partial charge in [-0.05, 0) is 18.2 Å². The average Bonchev–Trinajstić information content (AvgIpc) is 2.77. The predicted octanol–water partition coefficient (Wildman–Crippen LogP) is 0.352. The van der Waals surface area contributed by atoms with Crippen molar-refractivity contribution in [1.29, 1.82) is 5.26 Å². The van der Waals surface area contributed by atoms with Crippen molar-refractivity contribution in [3.63, 3.8) is 0 Å². The molecule has 0 saturated heterocycles. The molecular formula is C12H13N5O2S. The van der Waals surface area contributed by atoms with Crippen LogP contribution in [0.4, 0.5) is 5.82 Å². The van der Waals surface area contributed by atoms with Gasteiger partial charge in [0.25, 0.3) is 0 Å². The highest BCUT2D eigenvalue weighted by atomic mass is 32.2. The Labute approximate surface area is 116 Å². The second kappa shape index (κ2) is 5.32. The van der Waals surface area contributed by atoms with E-state index in [0.29, 0.717) is 11.4 Å². The number of hydrogen-bond acceptors (Lipinski definition) is 5. The van der Waals surface area contributed by atoms with Gasteiger partial charge < -0.3 is 5.73 Å². The van der Waals surface area contributed by atoms with Crippen LogP contribution in [0.25, 0.3) is 0 Å². The van der Waals surface area contributed by atoms with Crippen LogP contribution in [0, 0.1) is 11.3 Å². The number of sulfonamides is 1. The Morgan fingerprint density at radius 3 is 2.85 bits per heavy atom. The number of nitrogen functional groups attached to an aromatic ring is 1. The zero-order valence-corrected chi connectivity index (χ0v) is 11.6. The fourth-order valence-electron chi connectivity index (χ4n) is 1.62. The Morgan fingerprint density at radius 1 is 1.50 bits per heavy atom. The average molecular weight is 291 g/mol. The number of rotatable bonds is 4. The van der Waals surface area contributed by atoms with Crippen molar-refractivity contribution in [1.82, 2.24) is 14.5 Å². The summed E-state index contributed by atoms with van der Waals surface area (Å²) in [4.78, 5) is 0.0408. The van der Waals surface area contributed by atoms with Gasteiger partial charge in [0, 0.05) is 19.2 Å². The van der Waals surface area contributed by atoms with Crippen LogP contribution < -0.4 is 10.5 Å². The molecule has 0 aliphatic rings. The SMILES string of the molecule is Cn1ncc(CNS(=O)(=O)c2cccc(C#N)c2)c1N. The summed E-state index contributed by atoms with van der Waals surface area (Å²) in [5.41, 5.74) is 6.62. The maximum absolute atomic E-state index is 12.1. The highest BCUT2D eigenvalue weighted by Gasteiger charge is 2.15. The molecule has 2 rings (SSSR count). The van der Waals surface area contributed by atoms with Crippen molar-refractivity contribution in [2.75, 3.05) is 5.73 Å². The minimum Gasteiger partial charge on any atom is -0.384 e. The molecule has 0 aliphatic carbocycles. The molecule has 0 bridgehead atoms. The van der Waals surface area contributed by atoms with Crippen LogP contribution in [0.5, 0.6) is 0 Å². The van der Waals surface area contributed by atoms with Gasteiger partial charge in [-0.15, -0.1) is 0 Å². The maximum atomic E-state index is 12.1. The molecule has 0 atom stereocenters. The van der Waals surface area contributed by atoms with E-state index in [-0.39, 0.29) is 17.0 Å². The van der Waals surface area contributed by atoms with Gasteiger partial charge >= 0.3 is 0 Å². The van der Waals surface area contributed by atoms with E-state index >= 15 is 0 Å². The van der Waals surface area contributed by atoms with Crippen molar-refractivity contribution in [3.05, 3.63) is 41.6 Å². The number of nitrogens with zero attached hydrogens (tertiary/aromatic N) is 3. The lowest BCUT2D eigenvalue weighted by Gasteiger charge is -2.06. The topological polar surface area (TPSA) is 114 Å². The molecule has 1 heterocycles. The summed E-state index contributed by atoms with van der Waals surface area (Å²) in [6.45, 7) is 0.0405. The largest absolute Gasteiger partial charge is 0.384 e. The van der Waals surface area contributed by atoms with Crippen molar-refractivity contribution in [2.24, 2.45) is 7.05 Å². The highest BCUT2D eigenvalue weighted by Crippen LogP contribution is 2.13. The summed E-state index contributed by atoms with van der Waals surface area (Å²) in [7, 11) is -2.02. The second-order valence-corrected chi connectivity index (χ2v) is 5.91. The summed E-state index contributed by atoms with van der Waals surface area (Å²) in [6.07, 6.45) is 1.50. The van der Waals surface area contributed by atoms with E-state index < -0.39 is 10.0 Å². The minimum absolute atomic E-state index is 0.0405. The van der Waals surface area contributed by atoms with Crippen LogP contribution in [0.3, 0.4) is 0 Å². The van der Waals surface area contributed by atoms with Gasteiger partial charge in [0.05, 0.1) is 22.7 Å². The third kappa shape index (κ3) is 2.79. The molecule has 0 aliphatic heterocycles. The van der Waals surface area contributed by atoms with Crippen LogP contribution in [0.1, 0.15) is 11.1 Å². The first-order chi connectivity index (χ1) is 9.44. The van der Waals surface area contributed by atoms with E-state index in [9.17, 15) is 8.42 Å². The number of hydrogen-bond donors (Lipinski definition) is 2. The normalized spacial score (nSPS) is 11.2. The zero-order valence-electron chi connectivity index (χ0n) is 10.7. The highest BCUT2D eigenvalue weighted by molar-refractivity contribution is 7.89. The monoisotopic (exact) mass is 291 g/mol. The molecule has 8 heteroatoms. The van der Waals surface area contributed by atoms with Gasteiger partial charge in [0.15, 0.2) is 0 Å². The molecule has 0 unspecified atom stereocenters. The Morgan fingerprint density at radius 2 is 2.25 bits per heavy atom. The molecule has 2 aromatic rings. The molecule has 3 N–H and O–H groups in total. The van der Waals surface area contributed by atoms with Crippen molar-refractivity contribution >= 4 is 15.8 Å².